The lowest BCUT2D eigenvalue weighted by molar-refractivity contribution is 0.637. The molecule has 0 spiro atoms. The van der Waals surface area contributed by atoms with Crippen molar-refractivity contribution in [2.24, 2.45) is 0 Å². The second kappa shape index (κ2) is 6.30. The van der Waals surface area contributed by atoms with Crippen LogP contribution in [0.4, 0.5) is 11.4 Å². The van der Waals surface area contributed by atoms with Gasteiger partial charge in [-0.25, -0.2) is 0 Å². The van der Waals surface area contributed by atoms with Gasteiger partial charge >= 0.3 is 0 Å². The summed E-state index contributed by atoms with van der Waals surface area (Å²) in [4.78, 5) is 2.03. The van der Waals surface area contributed by atoms with E-state index >= 15 is 0 Å². The maximum Gasteiger partial charge on any atom is 0.0659 e. The Balaban J connectivity index is 2.02. The fourth-order valence-corrected chi connectivity index (χ4v) is 2.71. The molecule has 1 aliphatic rings. The molecule has 1 atom stereocenters. The van der Waals surface area contributed by atoms with Crippen LogP contribution < -0.4 is 15.5 Å². The van der Waals surface area contributed by atoms with E-state index in [-0.39, 0.29) is 0 Å². The lowest BCUT2D eigenvalue weighted by Gasteiger charge is -2.20. The first-order valence-electron chi connectivity index (χ1n) is 6.61. The Labute approximate surface area is 115 Å². The molecule has 1 aromatic carbocycles. The molecule has 1 heterocycles. The number of nitrogens with one attached hydrogen (secondary N) is 2. The molecule has 18 heavy (non-hydrogen) atoms. The first-order valence-corrected chi connectivity index (χ1v) is 6.99. The predicted octanol–water partition coefficient (Wildman–Crippen LogP) is 2.96. The lowest BCUT2D eigenvalue weighted by Crippen LogP contribution is -2.21. The number of hydrogen-bond acceptors (Lipinski definition) is 3. The Morgan fingerprint density at radius 3 is 2.83 bits per heavy atom. The number of halogens is 1. The summed E-state index contributed by atoms with van der Waals surface area (Å²) in [5.41, 5.74) is 2.18. The SMILES string of the molecule is CN(C)c1ccc(NC2CCCNCC2)cc1Cl. The standard InChI is InChI=1S/C14H22ClN3/c1-18(2)14-6-5-12(10-13(14)15)17-11-4-3-8-16-9-7-11/h5-6,10-11,16-17H,3-4,7-9H2,1-2H3. The van der Waals surface area contributed by atoms with Gasteiger partial charge in [0.15, 0.2) is 0 Å². The summed E-state index contributed by atoms with van der Waals surface area (Å²) in [6.45, 7) is 2.24. The molecule has 1 fully saturated rings. The first-order chi connectivity index (χ1) is 8.66. The molecule has 0 aliphatic carbocycles. The zero-order chi connectivity index (χ0) is 13.0. The maximum atomic E-state index is 6.28. The van der Waals surface area contributed by atoms with Crippen LogP contribution in [0, 0.1) is 0 Å². The summed E-state index contributed by atoms with van der Waals surface area (Å²) < 4.78 is 0. The third-order valence-electron chi connectivity index (χ3n) is 3.38. The minimum atomic E-state index is 0.557. The van der Waals surface area contributed by atoms with Gasteiger partial charge in [-0.1, -0.05) is 11.6 Å². The molecular formula is C14H22ClN3. The van der Waals surface area contributed by atoms with E-state index in [0.29, 0.717) is 6.04 Å². The van der Waals surface area contributed by atoms with Gasteiger partial charge in [0.1, 0.15) is 0 Å². The molecule has 100 valence electrons. The topological polar surface area (TPSA) is 27.3 Å². The zero-order valence-corrected chi connectivity index (χ0v) is 11.9. The van der Waals surface area contributed by atoms with Gasteiger partial charge in [0.05, 0.1) is 10.7 Å². The van der Waals surface area contributed by atoms with Crippen LogP contribution in [0.2, 0.25) is 5.02 Å². The highest BCUT2D eigenvalue weighted by Crippen LogP contribution is 2.28. The van der Waals surface area contributed by atoms with Crippen LogP contribution in [0.25, 0.3) is 0 Å². The van der Waals surface area contributed by atoms with E-state index in [2.05, 4.69) is 22.8 Å². The Morgan fingerprint density at radius 1 is 1.28 bits per heavy atom. The van der Waals surface area contributed by atoms with E-state index in [9.17, 15) is 0 Å². The van der Waals surface area contributed by atoms with Gasteiger partial charge in [-0.3, -0.25) is 0 Å². The van der Waals surface area contributed by atoms with Gasteiger partial charge in [0.2, 0.25) is 0 Å². The molecule has 1 unspecified atom stereocenters. The van der Waals surface area contributed by atoms with E-state index in [1.807, 2.05) is 25.1 Å². The fourth-order valence-electron chi connectivity index (χ4n) is 2.36. The van der Waals surface area contributed by atoms with Crippen LogP contribution in [-0.4, -0.2) is 33.2 Å². The van der Waals surface area contributed by atoms with Crippen LogP contribution in [0.1, 0.15) is 19.3 Å². The molecular weight excluding hydrogens is 246 g/mol. The van der Waals surface area contributed by atoms with Crippen molar-refractivity contribution in [2.75, 3.05) is 37.4 Å². The van der Waals surface area contributed by atoms with Crippen molar-refractivity contribution in [1.29, 1.82) is 0 Å². The molecule has 3 nitrogen and oxygen atoms in total. The minimum absolute atomic E-state index is 0.557. The molecule has 0 saturated carbocycles. The number of anilines is 2. The highest BCUT2D eigenvalue weighted by molar-refractivity contribution is 6.33. The van der Waals surface area contributed by atoms with Gasteiger partial charge in [-0.15, -0.1) is 0 Å². The molecule has 1 saturated heterocycles. The molecule has 2 rings (SSSR count). The summed E-state index contributed by atoms with van der Waals surface area (Å²) in [5, 5.41) is 7.81. The van der Waals surface area contributed by atoms with Gasteiger partial charge in [-0.05, 0) is 50.6 Å². The summed E-state index contributed by atoms with van der Waals surface area (Å²) in [5.74, 6) is 0. The summed E-state index contributed by atoms with van der Waals surface area (Å²) in [7, 11) is 4.01. The summed E-state index contributed by atoms with van der Waals surface area (Å²) in [6, 6.07) is 6.76. The smallest absolute Gasteiger partial charge is 0.0659 e. The number of benzene rings is 1. The quantitative estimate of drug-likeness (QED) is 0.882. The second-order valence-electron chi connectivity index (χ2n) is 5.08. The highest BCUT2D eigenvalue weighted by Gasteiger charge is 2.12. The Hall–Kier alpha value is -0.930. The zero-order valence-electron chi connectivity index (χ0n) is 11.2. The summed E-state index contributed by atoms with van der Waals surface area (Å²) in [6.07, 6.45) is 3.63. The second-order valence-corrected chi connectivity index (χ2v) is 5.49. The van der Waals surface area contributed by atoms with Crippen LogP contribution in [-0.2, 0) is 0 Å². The lowest BCUT2D eigenvalue weighted by atomic mass is 10.1. The van der Waals surface area contributed by atoms with Crippen LogP contribution in [0.3, 0.4) is 0 Å². The third kappa shape index (κ3) is 3.53. The van der Waals surface area contributed by atoms with Crippen molar-refractivity contribution in [1.82, 2.24) is 5.32 Å². The number of nitrogens with zero attached hydrogens (tertiary/aromatic N) is 1. The third-order valence-corrected chi connectivity index (χ3v) is 3.68. The van der Waals surface area contributed by atoms with Crippen molar-refractivity contribution < 1.29 is 0 Å². The fraction of sp³-hybridized carbons (Fsp3) is 0.571. The van der Waals surface area contributed by atoms with E-state index in [4.69, 9.17) is 11.6 Å². The van der Waals surface area contributed by atoms with Crippen molar-refractivity contribution in [3.63, 3.8) is 0 Å². The predicted molar refractivity (Wildman–Crippen MR) is 79.9 cm³/mol. The summed E-state index contributed by atoms with van der Waals surface area (Å²) >= 11 is 6.28. The van der Waals surface area contributed by atoms with Crippen LogP contribution in [0.5, 0.6) is 0 Å². The molecule has 0 bridgehead atoms. The van der Waals surface area contributed by atoms with Crippen molar-refractivity contribution in [3.8, 4) is 0 Å². The molecule has 0 amide bonds. The van der Waals surface area contributed by atoms with Crippen molar-refractivity contribution in [3.05, 3.63) is 23.2 Å². The van der Waals surface area contributed by atoms with Gasteiger partial charge in [0.25, 0.3) is 0 Å². The largest absolute Gasteiger partial charge is 0.382 e. The Kier molecular flexibility index (Phi) is 4.72. The van der Waals surface area contributed by atoms with E-state index in [1.165, 1.54) is 19.3 Å². The van der Waals surface area contributed by atoms with Crippen molar-refractivity contribution in [2.45, 2.75) is 25.3 Å². The number of hydrogen-bond donors (Lipinski definition) is 2. The van der Waals surface area contributed by atoms with E-state index in [1.54, 1.807) is 0 Å². The minimum Gasteiger partial charge on any atom is -0.382 e. The van der Waals surface area contributed by atoms with Crippen LogP contribution in [0.15, 0.2) is 18.2 Å². The van der Waals surface area contributed by atoms with Gasteiger partial charge in [0, 0.05) is 25.8 Å². The van der Waals surface area contributed by atoms with Crippen molar-refractivity contribution >= 4 is 23.0 Å². The highest BCUT2D eigenvalue weighted by atomic mass is 35.5. The normalized spacial score (nSPS) is 20.3. The monoisotopic (exact) mass is 267 g/mol. The Morgan fingerprint density at radius 2 is 2.11 bits per heavy atom. The molecule has 4 heteroatoms. The molecule has 0 radical (unpaired) electrons. The molecule has 1 aromatic rings. The first kappa shape index (κ1) is 13.5. The maximum absolute atomic E-state index is 6.28. The van der Waals surface area contributed by atoms with Gasteiger partial charge < -0.3 is 15.5 Å². The molecule has 1 aliphatic heterocycles. The number of rotatable bonds is 3. The molecule has 0 aromatic heterocycles. The average Bonchev–Trinajstić information content (AvgIpc) is 2.57. The Bertz CT molecular complexity index is 385. The van der Waals surface area contributed by atoms with E-state index < -0.39 is 0 Å². The van der Waals surface area contributed by atoms with Crippen LogP contribution >= 0.6 is 11.6 Å². The average molecular weight is 268 g/mol. The van der Waals surface area contributed by atoms with Gasteiger partial charge in [-0.2, -0.15) is 0 Å². The van der Waals surface area contributed by atoms with E-state index in [0.717, 1.165) is 29.5 Å². The molecule has 2 N–H and O–H groups in total.